The van der Waals surface area contributed by atoms with Gasteiger partial charge in [0.15, 0.2) is 18.1 Å². The smallest absolute Gasteiger partial charge is 0.338 e. The number of esters is 1. The Kier molecular flexibility index (Phi) is 6.21. The second kappa shape index (κ2) is 8.86. The van der Waals surface area contributed by atoms with Crippen molar-refractivity contribution in [2.45, 2.75) is 64.3 Å². The summed E-state index contributed by atoms with van der Waals surface area (Å²) >= 11 is 0. The third kappa shape index (κ3) is 4.57. The first kappa shape index (κ1) is 21.0. The van der Waals surface area contributed by atoms with Gasteiger partial charge in [-0.2, -0.15) is 0 Å². The highest BCUT2D eigenvalue weighted by Gasteiger charge is 2.51. The van der Waals surface area contributed by atoms with Crippen LogP contribution in [-0.4, -0.2) is 37.2 Å². The second-order valence-electron chi connectivity index (χ2n) is 9.27. The fourth-order valence-corrected chi connectivity index (χ4v) is 6.04. The highest BCUT2D eigenvalue weighted by molar-refractivity contribution is 5.92. The van der Waals surface area contributed by atoms with Gasteiger partial charge in [0, 0.05) is 5.54 Å². The Morgan fingerprint density at radius 1 is 1.00 bits per heavy atom. The van der Waals surface area contributed by atoms with E-state index in [0.717, 1.165) is 43.4 Å². The van der Waals surface area contributed by atoms with Crippen LogP contribution in [0.5, 0.6) is 11.5 Å². The number of ether oxygens (including phenoxy) is 3. The summed E-state index contributed by atoms with van der Waals surface area (Å²) in [6.45, 7) is 4.70. The fourth-order valence-electron chi connectivity index (χ4n) is 6.04. The zero-order valence-corrected chi connectivity index (χ0v) is 18.1. The average Bonchev–Trinajstić information content (AvgIpc) is 2.70. The number of hydrogen-bond donors (Lipinski definition) is 1. The minimum atomic E-state index is -0.529. The van der Waals surface area contributed by atoms with Crippen LogP contribution >= 0.6 is 0 Å². The summed E-state index contributed by atoms with van der Waals surface area (Å²) < 4.78 is 16.6. The molecule has 0 aromatic heterocycles. The van der Waals surface area contributed by atoms with Crippen molar-refractivity contribution >= 4 is 11.9 Å². The number of nitrogens with one attached hydrogen (secondary N) is 1. The lowest BCUT2D eigenvalue weighted by atomic mass is 9.53. The Balaban J connectivity index is 1.33. The molecule has 0 heterocycles. The first-order valence-electron chi connectivity index (χ1n) is 11.4. The van der Waals surface area contributed by atoms with Crippen LogP contribution in [0.2, 0.25) is 0 Å². The summed E-state index contributed by atoms with van der Waals surface area (Å²) in [7, 11) is 0. The van der Waals surface area contributed by atoms with Gasteiger partial charge in [0.1, 0.15) is 0 Å². The Bertz CT molecular complexity index is 755. The van der Waals surface area contributed by atoms with Crippen molar-refractivity contribution in [3.8, 4) is 11.5 Å². The molecule has 0 radical (unpaired) electrons. The van der Waals surface area contributed by atoms with E-state index in [1.54, 1.807) is 18.2 Å². The molecule has 1 N–H and O–H groups in total. The van der Waals surface area contributed by atoms with Gasteiger partial charge >= 0.3 is 5.97 Å². The minimum Gasteiger partial charge on any atom is -0.490 e. The van der Waals surface area contributed by atoms with Gasteiger partial charge in [-0.1, -0.05) is 6.92 Å². The molecular weight excluding hydrogens is 382 g/mol. The fraction of sp³-hybridized carbons (Fsp3) is 0.667. The lowest BCUT2D eigenvalue weighted by Gasteiger charge is -2.56. The van der Waals surface area contributed by atoms with Gasteiger partial charge in [0.05, 0.1) is 18.8 Å². The Labute approximate surface area is 178 Å². The number of amides is 1. The van der Waals surface area contributed by atoms with Crippen molar-refractivity contribution in [1.82, 2.24) is 5.32 Å². The third-order valence-electron chi connectivity index (χ3n) is 6.72. The standard InChI is InChI=1S/C24H33NO5/c1-3-7-29-20-6-5-19(11-21(20)28-4-2)23(27)30-15-22(26)25-24-12-16-8-17(13-24)10-18(9-16)14-24/h5-6,11,16-18H,3-4,7-10,12-15H2,1-2H3,(H,25,26). The van der Waals surface area contributed by atoms with Gasteiger partial charge in [-0.25, -0.2) is 4.79 Å². The molecule has 0 atom stereocenters. The van der Waals surface area contributed by atoms with Gasteiger partial charge < -0.3 is 19.5 Å². The maximum atomic E-state index is 12.6. The maximum Gasteiger partial charge on any atom is 0.338 e. The molecule has 6 heteroatoms. The first-order chi connectivity index (χ1) is 14.5. The minimum absolute atomic E-state index is 0.0708. The quantitative estimate of drug-likeness (QED) is 0.614. The van der Waals surface area contributed by atoms with Gasteiger partial charge in [-0.15, -0.1) is 0 Å². The van der Waals surface area contributed by atoms with E-state index >= 15 is 0 Å². The van der Waals surface area contributed by atoms with Crippen molar-refractivity contribution in [1.29, 1.82) is 0 Å². The number of carbonyl (C=O) groups is 2. The SMILES string of the molecule is CCCOc1ccc(C(=O)OCC(=O)NC23CC4CC(CC(C4)C2)C3)cc1OCC. The van der Waals surface area contributed by atoms with Crippen LogP contribution in [0.3, 0.4) is 0 Å². The molecule has 4 fully saturated rings. The van der Waals surface area contributed by atoms with E-state index in [2.05, 4.69) is 5.32 Å². The molecule has 0 aliphatic heterocycles. The molecule has 4 bridgehead atoms. The zero-order valence-electron chi connectivity index (χ0n) is 18.1. The largest absolute Gasteiger partial charge is 0.490 e. The van der Waals surface area contributed by atoms with E-state index in [9.17, 15) is 9.59 Å². The summed E-state index contributed by atoms with van der Waals surface area (Å²) in [5, 5.41) is 3.23. The van der Waals surface area contributed by atoms with Crippen LogP contribution < -0.4 is 14.8 Å². The molecule has 164 valence electrons. The summed E-state index contributed by atoms with van der Waals surface area (Å²) in [5.41, 5.74) is 0.281. The van der Waals surface area contributed by atoms with E-state index < -0.39 is 5.97 Å². The van der Waals surface area contributed by atoms with Crippen LogP contribution in [0.1, 0.15) is 69.2 Å². The van der Waals surface area contributed by atoms with Gasteiger partial charge in [0.2, 0.25) is 0 Å². The van der Waals surface area contributed by atoms with Crippen molar-refractivity contribution in [3.05, 3.63) is 23.8 Å². The summed E-state index contributed by atoms with van der Waals surface area (Å²) in [6, 6.07) is 4.98. The molecule has 1 amide bonds. The maximum absolute atomic E-state index is 12.6. The van der Waals surface area contributed by atoms with E-state index in [1.807, 2.05) is 13.8 Å². The monoisotopic (exact) mass is 415 g/mol. The molecule has 4 saturated carbocycles. The molecule has 5 rings (SSSR count). The Hall–Kier alpha value is -2.24. The predicted molar refractivity (Wildman–Crippen MR) is 113 cm³/mol. The van der Waals surface area contributed by atoms with Crippen molar-refractivity contribution in [2.75, 3.05) is 19.8 Å². The van der Waals surface area contributed by atoms with Gasteiger partial charge in [-0.05, 0) is 87.8 Å². The lowest BCUT2D eigenvalue weighted by molar-refractivity contribution is -0.130. The normalized spacial score (nSPS) is 28.8. The molecular formula is C24H33NO5. The third-order valence-corrected chi connectivity index (χ3v) is 6.72. The molecule has 4 aliphatic rings. The van der Waals surface area contributed by atoms with Crippen LogP contribution in [-0.2, 0) is 9.53 Å². The Morgan fingerprint density at radius 2 is 1.67 bits per heavy atom. The summed E-state index contributed by atoms with van der Waals surface area (Å²) in [4.78, 5) is 25.1. The molecule has 0 saturated heterocycles. The van der Waals surface area contributed by atoms with E-state index in [4.69, 9.17) is 14.2 Å². The van der Waals surface area contributed by atoms with Crippen LogP contribution in [0.15, 0.2) is 18.2 Å². The number of benzene rings is 1. The van der Waals surface area contributed by atoms with Crippen molar-refractivity contribution < 1.29 is 23.8 Å². The number of rotatable bonds is 9. The topological polar surface area (TPSA) is 73.9 Å². The highest BCUT2D eigenvalue weighted by Crippen LogP contribution is 2.55. The highest BCUT2D eigenvalue weighted by atomic mass is 16.5. The van der Waals surface area contributed by atoms with Crippen molar-refractivity contribution in [2.24, 2.45) is 17.8 Å². The predicted octanol–water partition coefficient (Wildman–Crippen LogP) is 4.12. The average molecular weight is 416 g/mol. The molecule has 6 nitrogen and oxygen atoms in total. The first-order valence-corrected chi connectivity index (χ1v) is 11.4. The molecule has 0 spiro atoms. The van der Waals surface area contributed by atoms with Crippen LogP contribution in [0, 0.1) is 17.8 Å². The summed E-state index contributed by atoms with van der Waals surface area (Å²) in [6.07, 6.45) is 8.09. The Morgan fingerprint density at radius 3 is 2.27 bits per heavy atom. The lowest BCUT2D eigenvalue weighted by Crippen LogP contribution is -2.60. The molecule has 30 heavy (non-hydrogen) atoms. The van der Waals surface area contributed by atoms with Crippen LogP contribution in [0.25, 0.3) is 0 Å². The van der Waals surface area contributed by atoms with Gasteiger partial charge in [-0.3, -0.25) is 4.79 Å². The van der Waals surface area contributed by atoms with E-state index in [-0.39, 0.29) is 18.1 Å². The number of hydrogen-bond acceptors (Lipinski definition) is 5. The molecule has 4 aliphatic carbocycles. The molecule has 1 aromatic carbocycles. The van der Waals surface area contributed by atoms with Crippen molar-refractivity contribution in [3.63, 3.8) is 0 Å². The van der Waals surface area contributed by atoms with Gasteiger partial charge in [0.25, 0.3) is 5.91 Å². The second-order valence-corrected chi connectivity index (χ2v) is 9.27. The molecule has 1 aromatic rings. The molecule has 0 unspecified atom stereocenters. The number of carbonyl (C=O) groups excluding carboxylic acids is 2. The summed E-state index contributed by atoms with van der Waals surface area (Å²) in [5.74, 6) is 2.66. The zero-order chi connectivity index (χ0) is 21.1. The van der Waals surface area contributed by atoms with Crippen LogP contribution in [0.4, 0.5) is 0 Å². The van der Waals surface area contributed by atoms with E-state index in [1.165, 1.54) is 19.3 Å². The van der Waals surface area contributed by atoms with E-state index in [0.29, 0.717) is 30.3 Å².